The second-order valence-corrected chi connectivity index (χ2v) is 4.44. The van der Waals surface area contributed by atoms with Gasteiger partial charge in [-0.1, -0.05) is 5.21 Å². The fourth-order valence-corrected chi connectivity index (χ4v) is 1.79. The first kappa shape index (κ1) is 11.6. The molecule has 0 unspecified atom stereocenters. The number of hydrogen-bond donors (Lipinski definition) is 1. The van der Waals surface area contributed by atoms with Crippen LogP contribution >= 0.6 is 0 Å². The van der Waals surface area contributed by atoms with Crippen LogP contribution in [0.25, 0.3) is 0 Å². The summed E-state index contributed by atoms with van der Waals surface area (Å²) in [6, 6.07) is 0.0484. The van der Waals surface area contributed by atoms with E-state index in [0.717, 1.165) is 0 Å². The van der Waals surface area contributed by atoms with Gasteiger partial charge in [0, 0.05) is 14.1 Å². The molecule has 1 aromatic heterocycles. The molecule has 0 spiro atoms. The molecule has 0 radical (unpaired) electrons. The molecule has 0 saturated heterocycles. The van der Waals surface area contributed by atoms with Gasteiger partial charge in [0.2, 0.25) is 0 Å². The number of amides is 1. The molecule has 1 N–H and O–H groups in total. The molecular weight excluding hydrogens is 224 g/mol. The van der Waals surface area contributed by atoms with Crippen molar-refractivity contribution in [2.75, 3.05) is 14.1 Å². The maximum atomic E-state index is 11.6. The molecule has 1 saturated carbocycles. The third kappa shape index (κ3) is 2.13. The molecule has 1 fully saturated rings. The number of carboxylic acids is 1. The lowest BCUT2D eigenvalue weighted by Gasteiger charge is -2.31. The second-order valence-electron chi connectivity index (χ2n) is 4.44. The summed E-state index contributed by atoms with van der Waals surface area (Å²) in [5.74, 6) is -1.27. The Morgan fingerprint density at radius 3 is 2.65 bits per heavy atom. The molecule has 1 amide bonds. The summed E-state index contributed by atoms with van der Waals surface area (Å²) in [4.78, 5) is 23.7. The number of carbonyl (C=O) groups excluding carboxylic acids is 1. The molecule has 0 aromatic carbocycles. The van der Waals surface area contributed by atoms with Crippen LogP contribution in [0.5, 0.6) is 0 Å². The van der Waals surface area contributed by atoms with E-state index in [1.165, 1.54) is 4.90 Å². The molecule has 1 heterocycles. The fourth-order valence-electron chi connectivity index (χ4n) is 1.79. The Morgan fingerprint density at radius 1 is 1.47 bits per heavy atom. The van der Waals surface area contributed by atoms with Crippen LogP contribution in [0.15, 0.2) is 6.20 Å². The first-order chi connectivity index (χ1) is 7.99. The van der Waals surface area contributed by atoms with E-state index in [2.05, 4.69) is 10.3 Å². The van der Waals surface area contributed by atoms with Crippen LogP contribution in [0, 0.1) is 5.92 Å². The molecule has 2 rings (SSSR count). The van der Waals surface area contributed by atoms with Gasteiger partial charge in [-0.2, -0.15) is 0 Å². The Bertz CT molecular complexity index is 448. The molecule has 92 valence electrons. The quantitative estimate of drug-likeness (QED) is 0.801. The van der Waals surface area contributed by atoms with Crippen LogP contribution < -0.4 is 0 Å². The highest BCUT2D eigenvalue weighted by Crippen LogP contribution is 2.37. The van der Waals surface area contributed by atoms with Crippen molar-refractivity contribution in [2.24, 2.45) is 5.92 Å². The minimum atomic E-state index is -0.772. The van der Waals surface area contributed by atoms with Crippen LogP contribution in [-0.2, 0) is 4.79 Å². The van der Waals surface area contributed by atoms with Crippen LogP contribution in [-0.4, -0.2) is 51.0 Å². The number of rotatable bonds is 3. The minimum Gasteiger partial charge on any atom is -0.481 e. The Balaban J connectivity index is 2.01. The van der Waals surface area contributed by atoms with Gasteiger partial charge in [-0.25, -0.2) is 4.68 Å². The number of aliphatic carboxylic acids is 1. The third-order valence-corrected chi connectivity index (χ3v) is 2.97. The molecule has 7 heteroatoms. The van der Waals surface area contributed by atoms with Gasteiger partial charge in [-0.05, 0) is 12.8 Å². The van der Waals surface area contributed by atoms with Gasteiger partial charge in [0.1, 0.15) is 0 Å². The van der Waals surface area contributed by atoms with E-state index in [4.69, 9.17) is 5.11 Å². The van der Waals surface area contributed by atoms with Crippen molar-refractivity contribution < 1.29 is 14.7 Å². The van der Waals surface area contributed by atoms with E-state index in [1.54, 1.807) is 25.0 Å². The van der Waals surface area contributed by atoms with Crippen molar-refractivity contribution in [2.45, 2.75) is 18.9 Å². The first-order valence-electron chi connectivity index (χ1n) is 5.35. The van der Waals surface area contributed by atoms with Crippen LogP contribution in [0.4, 0.5) is 0 Å². The summed E-state index contributed by atoms with van der Waals surface area (Å²) < 4.78 is 1.58. The number of aromatic nitrogens is 3. The molecule has 1 aliphatic carbocycles. The van der Waals surface area contributed by atoms with Crippen molar-refractivity contribution in [3.05, 3.63) is 11.9 Å². The lowest BCUT2D eigenvalue weighted by molar-refractivity contribution is -0.146. The lowest BCUT2D eigenvalue weighted by atomic mass is 9.80. The van der Waals surface area contributed by atoms with E-state index >= 15 is 0 Å². The molecular formula is C10H14N4O3. The average Bonchev–Trinajstić information content (AvgIpc) is 2.62. The zero-order valence-corrected chi connectivity index (χ0v) is 9.70. The van der Waals surface area contributed by atoms with E-state index < -0.39 is 5.97 Å². The Morgan fingerprint density at radius 2 is 2.12 bits per heavy atom. The van der Waals surface area contributed by atoms with Crippen LogP contribution in [0.1, 0.15) is 29.4 Å². The molecule has 1 aromatic rings. The molecule has 7 nitrogen and oxygen atoms in total. The number of hydrogen-bond acceptors (Lipinski definition) is 4. The van der Waals surface area contributed by atoms with Gasteiger partial charge in [-0.3, -0.25) is 9.59 Å². The zero-order chi connectivity index (χ0) is 12.6. The van der Waals surface area contributed by atoms with Crippen molar-refractivity contribution in [1.29, 1.82) is 0 Å². The lowest BCUT2D eigenvalue weighted by Crippen LogP contribution is -2.32. The molecule has 0 atom stereocenters. The Hall–Kier alpha value is -1.92. The maximum absolute atomic E-state index is 11.6. The summed E-state index contributed by atoms with van der Waals surface area (Å²) in [6.07, 6.45) is 2.67. The van der Waals surface area contributed by atoms with Gasteiger partial charge in [-0.15, -0.1) is 5.10 Å². The molecule has 1 aliphatic rings. The zero-order valence-electron chi connectivity index (χ0n) is 9.70. The molecule has 17 heavy (non-hydrogen) atoms. The third-order valence-electron chi connectivity index (χ3n) is 2.97. The first-order valence-corrected chi connectivity index (χ1v) is 5.35. The van der Waals surface area contributed by atoms with Gasteiger partial charge >= 0.3 is 5.97 Å². The van der Waals surface area contributed by atoms with E-state index in [-0.39, 0.29) is 23.6 Å². The number of carbonyl (C=O) groups is 2. The monoisotopic (exact) mass is 238 g/mol. The maximum Gasteiger partial charge on any atom is 0.306 e. The second kappa shape index (κ2) is 4.15. The Kier molecular flexibility index (Phi) is 2.83. The number of nitrogens with zero attached hydrogens (tertiary/aromatic N) is 4. The predicted molar refractivity (Wildman–Crippen MR) is 57.4 cm³/mol. The summed E-state index contributed by atoms with van der Waals surface area (Å²) in [5.41, 5.74) is 0.286. The van der Waals surface area contributed by atoms with Gasteiger partial charge < -0.3 is 10.0 Å². The average molecular weight is 238 g/mol. The highest BCUT2D eigenvalue weighted by Gasteiger charge is 2.36. The summed E-state index contributed by atoms with van der Waals surface area (Å²) in [5, 5.41) is 16.4. The molecule has 0 aliphatic heterocycles. The van der Waals surface area contributed by atoms with Gasteiger partial charge in [0.15, 0.2) is 5.69 Å². The summed E-state index contributed by atoms with van der Waals surface area (Å²) >= 11 is 0. The fraction of sp³-hybridized carbons (Fsp3) is 0.600. The topological polar surface area (TPSA) is 88.3 Å². The highest BCUT2D eigenvalue weighted by atomic mass is 16.4. The highest BCUT2D eigenvalue weighted by molar-refractivity contribution is 5.91. The normalized spacial score (nSPS) is 22.9. The van der Waals surface area contributed by atoms with Crippen LogP contribution in [0.3, 0.4) is 0 Å². The van der Waals surface area contributed by atoms with E-state index in [1.807, 2.05) is 0 Å². The summed E-state index contributed by atoms with van der Waals surface area (Å²) in [6.45, 7) is 0. The van der Waals surface area contributed by atoms with Crippen molar-refractivity contribution in [3.8, 4) is 0 Å². The van der Waals surface area contributed by atoms with Gasteiger partial charge in [0.25, 0.3) is 5.91 Å². The minimum absolute atomic E-state index is 0.0484. The van der Waals surface area contributed by atoms with Crippen molar-refractivity contribution in [3.63, 3.8) is 0 Å². The smallest absolute Gasteiger partial charge is 0.306 e. The standard InChI is InChI=1S/C10H14N4O3/c1-13(2)9(15)8-5-14(12-11-8)7-3-6(4-7)10(16)17/h5-7H,3-4H2,1-2H3,(H,16,17). The SMILES string of the molecule is CN(C)C(=O)c1cn(C2CC(C(=O)O)C2)nn1. The van der Waals surface area contributed by atoms with E-state index in [9.17, 15) is 9.59 Å². The Labute approximate surface area is 98.0 Å². The van der Waals surface area contributed by atoms with E-state index in [0.29, 0.717) is 12.8 Å². The number of carboxylic acid groups (broad SMARTS) is 1. The summed E-state index contributed by atoms with van der Waals surface area (Å²) in [7, 11) is 3.29. The van der Waals surface area contributed by atoms with Crippen LogP contribution in [0.2, 0.25) is 0 Å². The predicted octanol–water partition coefficient (Wildman–Crippen LogP) is 0.0156. The van der Waals surface area contributed by atoms with Gasteiger partial charge in [0.05, 0.1) is 18.2 Å². The largest absolute Gasteiger partial charge is 0.481 e. The van der Waals surface area contributed by atoms with Crippen molar-refractivity contribution >= 4 is 11.9 Å². The van der Waals surface area contributed by atoms with Crippen molar-refractivity contribution in [1.82, 2.24) is 19.9 Å². The molecule has 0 bridgehead atoms.